The van der Waals surface area contributed by atoms with Crippen LogP contribution in [0.5, 0.6) is 0 Å². The first-order valence-electron chi connectivity index (χ1n) is 13.7. The number of pyridine rings is 1. The third kappa shape index (κ3) is 5.40. The lowest BCUT2D eigenvalue weighted by Crippen LogP contribution is -2.37. The number of hydrogen-bond donors (Lipinski definition) is 0. The minimum absolute atomic E-state index is 0.00975. The SMILES string of the molecule is Cc1cccn2c(=O)c(/C=C3\SC(=S)N(CC4CCCO4)C3=O)c(N3CCC(Cc4ccccc4)CC3)nc12. The summed E-state index contributed by atoms with van der Waals surface area (Å²) in [7, 11) is 0. The number of hydrogen-bond acceptors (Lipinski definition) is 7. The molecule has 5 heterocycles. The maximum absolute atomic E-state index is 13.9. The maximum Gasteiger partial charge on any atom is 0.267 e. The number of piperidine rings is 1. The molecule has 0 saturated carbocycles. The zero-order valence-electron chi connectivity index (χ0n) is 22.0. The molecule has 1 aromatic carbocycles. The summed E-state index contributed by atoms with van der Waals surface area (Å²) >= 11 is 6.81. The Morgan fingerprint density at radius 2 is 1.90 bits per heavy atom. The first kappa shape index (κ1) is 26.2. The number of benzene rings is 1. The largest absolute Gasteiger partial charge is 0.376 e. The first-order valence-corrected chi connectivity index (χ1v) is 14.9. The number of carbonyl (C=O) groups is 1. The normalized spacial score (nSPS) is 21.6. The number of amides is 1. The van der Waals surface area contributed by atoms with Crippen LogP contribution in [0.1, 0.15) is 42.4 Å². The minimum Gasteiger partial charge on any atom is -0.376 e. The number of aryl methyl sites for hydroxylation is 1. The summed E-state index contributed by atoms with van der Waals surface area (Å²) in [5.74, 6) is 1.07. The van der Waals surface area contributed by atoms with Crippen molar-refractivity contribution in [2.75, 3.05) is 31.1 Å². The van der Waals surface area contributed by atoms with E-state index in [4.69, 9.17) is 21.9 Å². The molecular weight excluding hydrogens is 528 g/mol. The molecule has 3 saturated heterocycles. The van der Waals surface area contributed by atoms with Crippen molar-refractivity contribution < 1.29 is 9.53 Å². The molecule has 3 aromatic rings. The summed E-state index contributed by atoms with van der Waals surface area (Å²) < 4.78 is 7.83. The van der Waals surface area contributed by atoms with Gasteiger partial charge in [0.15, 0.2) is 0 Å². The Kier molecular flexibility index (Phi) is 7.55. The fourth-order valence-corrected chi connectivity index (χ4v) is 7.00. The van der Waals surface area contributed by atoms with Crippen LogP contribution in [0.3, 0.4) is 0 Å². The number of fused-ring (bicyclic) bond motifs is 1. The number of rotatable bonds is 6. The van der Waals surface area contributed by atoms with E-state index in [0.717, 1.165) is 57.4 Å². The molecule has 1 amide bonds. The molecule has 7 nitrogen and oxygen atoms in total. The van der Waals surface area contributed by atoms with Crippen LogP contribution in [-0.2, 0) is 16.0 Å². The van der Waals surface area contributed by atoms with Crippen molar-refractivity contribution in [2.24, 2.45) is 5.92 Å². The van der Waals surface area contributed by atoms with E-state index >= 15 is 0 Å². The van der Waals surface area contributed by atoms with Crippen LogP contribution in [0.2, 0.25) is 0 Å². The highest BCUT2D eigenvalue weighted by Crippen LogP contribution is 2.35. The van der Waals surface area contributed by atoms with E-state index in [1.54, 1.807) is 21.6 Å². The topological polar surface area (TPSA) is 67.2 Å². The van der Waals surface area contributed by atoms with Gasteiger partial charge in [-0.05, 0) is 68.2 Å². The summed E-state index contributed by atoms with van der Waals surface area (Å²) in [6.45, 7) is 4.77. The van der Waals surface area contributed by atoms with Gasteiger partial charge in [0.05, 0.1) is 23.1 Å². The lowest BCUT2D eigenvalue weighted by molar-refractivity contribution is -0.123. The Morgan fingerprint density at radius 3 is 2.64 bits per heavy atom. The fourth-order valence-electron chi connectivity index (χ4n) is 5.74. The van der Waals surface area contributed by atoms with Crippen molar-refractivity contribution in [3.8, 4) is 0 Å². The van der Waals surface area contributed by atoms with Gasteiger partial charge in [0.1, 0.15) is 15.8 Å². The van der Waals surface area contributed by atoms with Gasteiger partial charge in [0.25, 0.3) is 11.5 Å². The quantitative estimate of drug-likeness (QED) is 0.316. The Bertz CT molecular complexity index is 1490. The number of aromatic nitrogens is 2. The molecule has 1 atom stereocenters. The molecule has 3 aliphatic heterocycles. The van der Waals surface area contributed by atoms with Crippen LogP contribution in [0, 0.1) is 12.8 Å². The van der Waals surface area contributed by atoms with Crippen LogP contribution in [0.25, 0.3) is 11.7 Å². The van der Waals surface area contributed by atoms with E-state index < -0.39 is 0 Å². The second-order valence-electron chi connectivity index (χ2n) is 10.6. The van der Waals surface area contributed by atoms with E-state index in [1.807, 2.05) is 19.1 Å². The van der Waals surface area contributed by atoms with Crippen molar-refractivity contribution in [1.82, 2.24) is 14.3 Å². The van der Waals surface area contributed by atoms with Crippen molar-refractivity contribution in [3.63, 3.8) is 0 Å². The minimum atomic E-state index is -0.172. The van der Waals surface area contributed by atoms with E-state index in [-0.39, 0.29) is 17.6 Å². The fraction of sp³-hybridized carbons (Fsp3) is 0.400. The van der Waals surface area contributed by atoms with Crippen molar-refractivity contribution in [3.05, 3.63) is 80.6 Å². The summed E-state index contributed by atoms with van der Waals surface area (Å²) in [6, 6.07) is 14.4. The van der Waals surface area contributed by atoms with Crippen molar-refractivity contribution >= 4 is 51.7 Å². The zero-order chi connectivity index (χ0) is 26.9. The predicted molar refractivity (Wildman–Crippen MR) is 160 cm³/mol. The lowest BCUT2D eigenvalue weighted by atomic mass is 9.90. The second-order valence-corrected chi connectivity index (χ2v) is 12.3. The summed E-state index contributed by atoms with van der Waals surface area (Å²) in [4.78, 5) is 36.6. The maximum atomic E-state index is 13.9. The van der Waals surface area contributed by atoms with Crippen LogP contribution in [0.15, 0.2) is 58.4 Å². The average molecular weight is 561 g/mol. The molecule has 0 radical (unpaired) electrons. The molecule has 1 unspecified atom stereocenters. The Balaban J connectivity index is 1.31. The average Bonchev–Trinajstić information content (AvgIpc) is 3.56. The highest BCUT2D eigenvalue weighted by Gasteiger charge is 2.35. The monoisotopic (exact) mass is 560 g/mol. The van der Waals surface area contributed by atoms with Gasteiger partial charge in [-0.3, -0.25) is 18.9 Å². The third-order valence-corrected chi connectivity index (χ3v) is 9.28. The first-order chi connectivity index (χ1) is 19.0. The number of carbonyl (C=O) groups excluding carboxylic acids is 1. The number of thiocarbonyl (C=S) groups is 1. The zero-order valence-corrected chi connectivity index (χ0v) is 23.7. The molecular formula is C30H32N4O3S2. The molecule has 39 heavy (non-hydrogen) atoms. The van der Waals surface area contributed by atoms with E-state index in [9.17, 15) is 9.59 Å². The van der Waals surface area contributed by atoms with Gasteiger partial charge in [-0.15, -0.1) is 0 Å². The molecule has 0 N–H and O–H groups in total. The van der Waals surface area contributed by atoms with E-state index in [1.165, 1.54) is 17.3 Å². The number of anilines is 1. The third-order valence-electron chi connectivity index (χ3n) is 7.90. The van der Waals surface area contributed by atoms with Gasteiger partial charge in [0.2, 0.25) is 0 Å². The van der Waals surface area contributed by atoms with Gasteiger partial charge in [-0.2, -0.15) is 0 Å². The van der Waals surface area contributed by atoms with Crippen molar-refractivity contribution in [1.29, 1.82) is 0 Å². The van der Waals surface area contributed by atoms with Gasteiger partial charge >= 0.3 is 0 Å². The van der Waals surface area contributed by atoms with Gasteiger partial charge in [-0.25, -0.2) is 4.98 Å². The highest BCUT2D eigenvalue weighted by molar-refractivity contribution is 8.26. The smallest absolute Gasteiger partial charge is 0.267 e. The van der Waals surface area contributed by atoms with Gasteiger partial charge in [0, 0.05) is 25.9 Å². The van der Waals surface area contributed by atoms with E-state index in [2.05, 4.69) is 35.2 Å². The molecule has 6 rings (SSSR count). The Labute approximate surface area is 237 Å². The molecule has 3 aliphatic rings. The standard InChI is InChI=1S/C30H32N4O3S2/c1-20-7-5-13-33-26(20)31-27(32-14-11-22(12-15-32)17-21-8-3-2-4-9-21)24(28(33)35)18-25-29(36)34(30(38)39-25)19-23-10-6-16-37-23/h2-5,7-9,13,18,22-23H,6,10-12,14-17,19H2,1H3/b25-18-. The van der Waals surface area contributed by atoms with Gasteiger partial charge < -0.3 is 9.64 Å². The van der Waals surface area contributed by atoms with Crippen LogP contribution in [-0.4, -0.2) is 56.9 Å². The molecule has 3 fully saturated rings. The Morgan fingerprint density at radius 1 is 1.10 bits per heavy atom. The van der Waals surface area contributed by atoms with Gasteiger partial charge in [-0.1, -0.05) is 60.4 Å². The van der Waals surface area contributed by atoms with Crippen molar-refractivity contribution in [2.45, 2.75) is 45.1 Å². The predicted octanol–water partition coefficient (Wildman–Crippen LogP) is 4.84. The molecule has 0 bridgehead atoms. The van der Waals surface area contributed by atoms with Crippen LogP contribution < -0.4 is 10.5 Å². The molecule has 9 heteroatoms. The summed E-state index contributed by atoms with van der Waals surface area (Å²) in [5.41, 5.74) is 3.21. The lowest BCUT2D eigenvalue weighted by Gasteiger charge is -2.33. The van der Waals surface area contributed by atoms with Crippen LogP contribution in [0.4, 0.5) is 5.82 Å². The Hall–Kier alpha value is -3.01. The molecule has 202 valence electrons. The summed E-state index contributed by atoms with van der Waals surface area (Å²) in [5, 5.41) is 0. The second kappa shape index (κ2) is 11.2. The van der Waals surface area contributed by atoms with E-state index in [0.29, 0.717) is 38.7 Å². The number of ether oxygens (including phenoxy) is 1. The van der Waals surface area contributed by atoms with Crippen LogP contribution >= 0.6 is 24.0 Å². The number of nitrogens with zero attached hydrogens (tertiary/aromatic N) is 4. The molecule has 2 aromatic heterocycles. The number of thioether (sulfide) groups is 1. The molecule has 0 spiro atoms. The summed E-state index contributed by atoms with van der Waals surface area (Å²) in [6.07, 6.45) is 8.49. The highest BCUT2D eigenvalue weighted by atomic mass is 32.2. The molecule has 0 aliphatic carbocycles.